The Morgan fingerprint density at radius 3 is 2.43 bits per heavy atom. The number of piperidine rings is 1. The summed E-state index contributed by atoms with van der Waals surface area (Å²) in [5.74, 6) is -3.39. The monoisotopic (exact) mass is 402 g/mol. The highest BCUT2D eigenvalue weighted by Gasteiger charge is 2.38. The maximum atomic E-state index is 11.0. The van der Waals surface area contributed by atoms with Gasteiger partial charge >= 0.3 is 12.1 Å². The second-order valence-corrected chi connectivity index (χ2v) is 6.44. The number of aliphatic hydroxyl groups is 1. The summed E-state index contributed by atoms with van der Waals surface area (Å²) in [5, 5.41) is 16.9. The van der Waals surface area contributed by atoms with Gasteiger partial charge in [0.25, 0.3) is 0 Å². The van der Waals surface area contributed by atoms with Crippen LogP contribution in [0.4, 0.5) is 13.2 Å². The van der Waals surface area contributed by atoms with Crippen LogP contribution in [0.2, 0.25) is 0 Å². The number of aromatic nitrogens is 2. The third-order valence-corrected chi connectivity index (χ3v) is 4.49. The number of imidazole rings is 1. The maximum Gasteiger partial charge on any atom is 0.490 e. The lowest BCUT2D eigenvalue weighted by atomic mass is 9.91. The lowest BCUT2D eigenvalue weighted by Gasteiger charge is -2.33. The predicted octanol–water partition coefficient (Wildman–Crippen LogP) is 1.03. The molecule has 1 fully saturated rings. The second kappa shape index (κ2) is 9.02. The van der Waals surface area contributed by atoms with Crippen molar-refractivity contribution in [3.63, 3.8) is 0 Å². The molecular formula is C17H21F3N4O4. The number of hydrogen-bond donors (Lipinski definition) is 3. The van der Waals surface area contributed by atoms with Gasteiger partial charge in [-0.05, 0) is 44.0 Å². The van der Waals surface area contributed by atoms with E-state index in [9.17, 15) is 23.1 Å². The van der Waals surface area contributed by atoms with Gasteiger partial charge in [-0.1, -0.05) is 6.07 Å². The van der Waals surface area contributed by atoms with Crippen molar-refractivity contribution in [1.29, 1.82) is 0 Å². The SMILES string of the molecule is NC(=O)C(O)C1CCN(Cc2cnc3ccccn23)CC1.O=C(O)C(F)(F)F. The number of pyridine rings is 1. The normalized spacial score (nSPS) is 17.0. The number of carboxylic acid groups (broad SMARTS) is 1. The van der Waals surface area contributed by atoms with Crippen LogP contribution in [0.15, 0.2) is 30.6 Å². The summed E-state index contributed by atoms with van der Waals surface area (Å²) in [6, 6.07) is 5.95. The van der Waals surface area contributed by atoms with E-state index in [0.29, 0.717) is 0 Å². The number of alkyl halides is 3. The first-order valence-electron chi connectivity index (χ1n) is 8.50. The predicted molar refractivity (Wildman–Crippen MR) is 92.1 cm³/mol. The van der Waals surface area contributed by atoms with Crippen LogP contribution in [0.3, 0.4) is 0 Å². The van der Waals surface area contributed by atoms with Gasteiger partial charge in [0.15, 0.2) is 0 Å². The van der Waals surface area contributed by atoms with Crippen LogP contribution >= 0.6 is 0 Å². The third kappa shape index (κ3) is 5.67. The van der Waals surface area contributed by atoms with E-state index in [4.69, 9.17) is 15.6 Å². The van der Waals surface area contributed by atoms with Crippen molar-refractivity contribution in [3.05, 3.63) is 36.3 Å². The molecule has 1 unspecified atom stereocenters. The van der Waals surface area contributed by atoms with Crippen LogP contribution in [0, 0.1) is 5.92 Å². The van der Waals surface area contributed by atoms with Crippen molar-refractivity contribution < 1.29 is 33.0 Å². The minimum atomic E-state index is -5.08. The highest BCUT2D eigenvalue weighted by molar-refractivity contribution is 5.78. The Balaban J connectivity index is 0.000000345. The number of aliphatic hydroxyl groups excluding tert-OH is 1. The quantitative estimate of drug-likeness (QED) is 0.702. The number of carbonyl (C=O) groups excluding carboxylic acids is 1. The second-order valence-electron chi connectivity index (χ2n) is 6.44. The summed E-state index contributed by atoms with van der Waals surface area (Å²) in [4.78, 5) is 26.6. The minimum Gasteiger partial charge on any atom is -0.475 e. The molecule has 3 rings (SSSR count). The molecule has 1 aliphatic rings. The average molecular weight is 402 g/mol. The van der Waals surface area contributed by atoms with E-state index in [1.165, 1.54) is 0 Å². The van der Waals surface area contributed by atoms with E-state index >= 15 is 0 Å². The number of rotatable bonds is 4. The number of fused-ring (bicyclic) bond motifs is 1. The van der Waals surface area contributed by atoms with Crippen molar-refractivity contribution in [2.24, 2.45) is 11.7 Å². The molecule has 2 aromatic rings. The van der Waals surface area contributed by atoms with Gasteiger partial charge in [0.05, 0.1) is 11.9 Å². The fourth-order valence-electron chi connectivity index (χ4n) is 2.99. The fourth-order valence-corrected chi connectivity index (χ4v) is 2.99. The smallest absolute Gasteiger partial charge is 0.475 e. The minimum absolute atomic E-state index is 0.0130. The zero-order valence-corrected chi connectivity index (χ0v) is 14.8. The number of nitrogens with two attached hydrogens (primary N) is 1. The number of amides is 1. The third-order valence-electron chi connectivity index (χ3n) is 4.49. The molecule has 1 atom stereocenters. The summed E-state index contributed by atoms with van der Waals surface area (Å²) in [7, 11) is 0. The van der Waals surface area contributed by atoms with Crippen LogP contribution in [-0.2, 0) is 16.1 Å². The van der Waals surface area contributed by atoms with Gasteiger partial charge < -0.3 is 20.3 Å². The Bertz CT molecular complexity index is 816. The van der Waals surface area contributed by atoms with Crippen LogP contribution in [0.25, 0.3) is 5.65 Å². The molecule has 3 heterocycles. The molecule has 8 nitrogen and oxygen atoms in total. The summed E-state index contributed by atoms with van der Waals surface area (Å²) in [6.07, 6.45) is -0.592. The largest absolute Gasteiger partial charge is 0.490 e. The lowest BCUT2D eigenvalue weighted by Crippen LogP contribution is -2.42. The van der Waals surface area contributed by atoms with Crippen molar-refractivity contribution in [3.8, 4) is 0 Å². The molecule has 2 aromatic heterocycles. The van der Waals surface area contributed by atoms with Gasteiger partial charge in [-0.15, -0.1) is 0 Å². The Morgan fingerprint density at radius 2 is 1.89 bits per heavy atom. The standard InChI is InChI=1S/C15H20N4O2.C2HF3O2/c16-15(21)14(20)11-4-7-18(8-5-11)10-12-9-17-13-3-1-2-6-19(12)13;3-2(4,5)1(6)7/h1-3,6,9,11,14,20H,4-5,7-8,10H2,(H2,16,21);(H,6,7). The molecule has 1 amide bonds. The first-order valence-corrected chi connectivity index (χ1v) is 8.50. The lowest BCUT2D eigenvalue weighted by molar-refractivity contribution is -0.192. The van der Waals surface area contributed by atoms with Crippen LogP contribution in [0.5, 0.6) is 0 Å². The number of carboxylic acids is 1. The van der Waals surface area contributed by atoms with Crippen LogP contribution < -0.4 is 5.73 Å². The average Bonchev–Trinajstić information content (AvgIpc) is 3.04. The van der Waals surface area contributed by atoms with Crippen molar-refractivity contribution in [1.82, 2.24) is 14.3 Å². The maximum absolute atomic E-state index is 11.0. The van der Waals surface area contributed by atoms with Gasteiger partial charge in [-0.2, -0.15) is 13.2 Å². The van der Waals surface area contributed by atoms with E-state index in [0.717, 1.165) is 43.8 Å². The zero-order valence-electron chi connectivity index (χ0n) is 14.8. The van der Waals surface area contributed by atoms with E-state index in [2.05, 4.69) is 14.3 Å². The van der Waals surface area contributed by atoms with Gasteiger partial charge in [-0.25, -0.2) is 9.78 Å². The Morgan fingerprint density at radius 1 is 1.29 bits per heavy atom. The van der Waals surface area contributed by atoms with Gasteiger partial charge in [0.2, 0.25) is 5.91 Å². The first-order chi connectivity index (χ1) is 13.1. The van der Waals surface area contributed by atoms with E-state index in [1.807, 2.05) is 30.6 Å². The number of halogens is 3. The molecule has 11 heteroatoms. The molecule has 154 valence electrons. The molecule has 0 aliphatic carbocycles. The van der Waals surface area contributed by atoms with Crippen LogP contribution in [0.1, 0.15) is 18.5 Å². The van der Waals surface area contributed by atoms with Crippen LogP contribution in [-0.4, -0.2) is 61.7 Å². The molecule has 28 heavy (non-hydrogen) atoms. The summed E-state index contributed by atoms with van der Waals surface area (Å²) in [6.45, 7) is 2.54. The molecule has 0 saturated carbocycles. The Hall–Kier alpha value is -2.66. The molecule has 1 saturated heterocycles. The number of aliphatic carboxylic acids is 1. The highest BCUT2D eigenvalue weighted by atomic mass is 19.4. The number of nitrogens with zero attached hydrogens (tertiary/aromatic N) is 3. The van der Waals surface area contributed by atoms with Gasteiger partial charge in [0, 0.05) is 12.7 Å². The number of primary amides is 1. The summed E-state index contributed by atoms with van der Waals surface area (Å²) >= 11 is 0. The first kappa shape index (κ1) is 21.6. The molecule has 4 N–H and O–H groups in total. The zero-order chi connectivity index (χ0) is 20.9. The summed E-state index contributed by atoms with van der Waals surface area (Å²) in [5.41, 5.74) is 7.26. The van der Waals surface area contributed by atoms with Crippen molar-refractivity contribution in [2.45, 2.75) is 31.7 Å². The topological polar surface area (TPSA) is 121 Å². The Labute approximate surface area is 158 Å². The van der Waals surface area contributed by atoms with E-state index < -0.39 is 24.2 Å². The van der Waals surface area contributed by atoms with Crippen molar-refractivity contribution >= 4 is 17.5 Å². The fraction of sp³-hybridized carbons (Fsp3) is 0.471. The molecule has 1 aliphatic heterocycles. The molecule has 0 aromatic carbocycles. The number of likely N-dealkylation sites (tertiary alicyclic amines) is 1. The van der Waals surface area contributed by atoms with Crippen molar-refractivity contribution in [2.75, 3.05) is 13.1 Å². The molecule has 0 radical (unpaired) electrons. The van der Waals surface area contributed by atoms with Gasteiger partial charge in [-0.3, -0.25) is 9.69 Å². The number of carbonyl (C=O) groups is 2. The molecule has 0 spiro atoms. The summed E-state index contributed by atoms with van der Waals surface area (Å²) < 4.78 is 33.8. The number of hydrogen-bond acceptors (Lipinski definition) is 5. The molecule has 0 bridgehead atoms. The van der Waals surface area contributed by atoms with E-state index in [1.54, 1.807) is 0 Å². The highest BCUT2D eigenvalue weighted by Crippen LogP contribution is 2.22. The van der Waals surface area contributed by atoms with E-state index in [-0.39, 0.29) is 5.92 Å². The molecular weight excluding hydrogens is 381 g/mol. The van der Waals surface area contributed by atoms with Gasteiger partial charge in [0.1, 0.15) is 11.8 Å². The Kier molecular flexibility index (Phi) is 6.97.